The molecule has 8 heteroatoms. The number of aryl methyl sites for hydroxylation is 2. The quantitative estimate of drug-likeness (QED) is 0.120. The van der Waals surface area contributed by atoms with E-state index < -0.39 is 26.3 Å². The molecule has 0 radical (unpaired) electrons. The van der Waals surface area contributed by atoms with E-state index in [0.29, 0.717) is 6.42 Å². The van der Waals surface area contributed by atoms with E-state index in [1.165, 1.54) is 75.6 Å². The standard InChI is InChI=1S/C30H46O6S2/c1-4-5-6-7-8-9-10-11-12-13-14-15-16-28(36-38(33,34)30-23-19-27(3)20-24-30)25-35-37(31,32)29-21-17-26(2)18-22-29/h17-24,28H,4-16,25H2,1-3H3/t28-/m0/s1. The number of hydrogen-bond donors (Lipinski definition) is 0. The first-order chi connectivity index (χ1) is 18.1. The lowest BCUT2D eigenvalue weighted by molar-refractivity contribution is 0.127. The number of rotatable bonds is 20. The maximum Gasteiger partial charge on any atom is 0.297 e. The molecule has 38 heavy (non-hydrogen) atoms. The van der Waals surface area contributed by atoms with Crippen LogP contribution in [-0.2, 0) is 28.6 Å². The van der Waals surface area contributed by atoms with Crippen LogP contribution < -0.4 is 0 Å². The number of unbranched alkanes of at least 4 members (excludes halogenated alkanes) is 11. The van der Waals surface area contributed by atoms with E-state index in [2.05, 4.69) is 6.92 Å². The summed E-state index contributed by atoms with van der Waals surface area (Å²) in [6.45, 7) is 5.61. The van der Waals surface area contributed by atoms with Gasteiger partial charge in [-0.15, -0.1) is 0 Å². The number of hydrogen-bond acceptors (Lipinski definition) is 6. The SMILES string of the molecule is CCCCCCCCCCCCCC[C@@H](COS(=O)(=O)c1ccc(C)cc1)OS(=O)(=O)c1ccc(C)cc1. The Morgan fingerprint density at radius 2 is 0.974 bits per heavy atom. The Morgan fingerprint density at radius 1 is 0.579 bits per heavy atom. The summed E-state index contributed by atoms with van der Waals surface area (Å²) in [4.78, 5) is 0.0813. The summed E-state index contributed by atoms with van der Waals surface area (Å²) in [6, 6.07) is 12.7. The summed E-state index contributed by atoms with van der Waals surface area (Å²) < 4.78 is 61.8. The molecule has 2 aromatic rings. The summed E-state index contributed by atoms with van der Waals surface area (Å²) in [5.74, 6) is 0. The van der Waals surface area contributed by atoms with Crippen molar-refractivity contribution in [2.24, 2.45) is 0 Å². The first-order valence-electron chi connectivity index (χ1n) is 14.1. The molecule has 6 nitrogen and oxygen atoms in total. The van der Waals surface area contributed by atoms with Gasteiger partial charge in [0.25, 0.3) is 20.2 Å². The van der Waals surface area contributed by atoms with Crippen LogP contribution in [0.15, 0.2) is 58.3 Å². The fraction of sp³-hybridized carbons (Fsp3) is 0.600. The molecule has 0 bridgehead atoms. The molecule has 0 spiro atoms. The van der Waals surface area contributed by atoms with E-state index >= 15 is 0 Å². The van der Waals surface area contributed by atoms with Crippen molar-refractivity contribution in [3.63, 3.8) is 0 Å². The molecule has 0 heterocycles. The van der Waals surface area contributed by atoms with E-state index in [0.717, 1.165) is 36.8 Å². The summed E-state index contributed by atoms with van der Waals surface area (Å²) in [7, 11) is -8.08. The maximum absolute atomic E-state index is 12.9. The van der Waals surface area contributed by atoms with Crippen molar-refractivity contribution in [3.05, 3.63) is 59.7 Å². The van der Waals surface area contributed by atoms with Gasteiger partial charge in [0.1, 0.15) is 6.10 Å². The second kappa shape index (κ2) is 17.1. The van der Waals surface area contributed by atoms with Gasteiger partial charge in [-0.05, 0) is 44.5 Å². The van der Waals surface area contributed by atoms with Crippen molar-refractivity contribution >= 4 is 20.2 Å². The van der Waals surface area contributed by atoms with E-state index in [4.69, 9.17) is 8.37 Å². The monoisotopic (exact) mass is 566 g/mol. The maximum atomic E-state index is 12.9. The minimum absolute atomic E-state index is 0.0357. The van der Waals surface area contributed by atoms with Crippen LogP contribution in [0.5, 0.6) is 0 Å². The van der Waals surface area contributed by atoms with Gasteiger partial charge in [0.2, 0.25) is 0 Å². The molecule has 2 rings (SSSR count). The van der Waals surface area contributed by atoms with Crippen LogP contribution >= 0.6 is 0 Å². The molecule has 0 saturated carbocycles. The van der Waals surface area contributed by atoms with E-state index in [1.807, 2.05) is 13.8 Å². The third kappa shape index (κ3) is 12.4. The molecule has 0 aliphatic rings. The molecule has 1 atom stereocenters. The van der Waals surface area contributed by atoms with Gasteiger partial charge in [-0.2, -0.15) is 16.8 Å². The Balaban J connectivity index is 1.86. The third-order valence-corrected chi connectivity index (χ3v) is 9.34. The third-order valence-electron chi connectivity index (χ3n) is 6.67. The van der Waals surface area contributed by atoms with Gasteiger partial charge in [0.05, 0.1) is 16.4 Å². The predicted molar refractivity (Wildman–Crippen MR) is 153 cm³/mol. The Labute approximate surface area is 231 Å². The summed E-state index contributed by atoms with van der Waals surface area (Å²) in [5.41, 5.74) is 1.87. The average molecular weight is 567 g/mol. The topological polar surface area (TPSA) is 86.7 Å². The first kappa shape index (κ1) is 32.5. The highest BCUT2D eigenvalue weighted by Crippen LogP contribution is 2.21. The smallest absolute Gasteiger partial charge is 0.264 e. The van der Waals surface area contributed by atoms with Crippen LogP contribution in [0.3, 0.4) is 0 Å². The van der Waals surface area contributed by atoms with Gasteiger partial charge >= 0.3 is 0 Å². The van der Waals surface area contributed by atoms with Crippen LogP contribution in [0.1, 0.15) is 102 Å². The van der Waals surface area contributed by atoms with Gasteiger partial charge in [0.15, 0.2) is 0 Å². The highest BCUT2D eigenvalue weighted by molar-refractivity contribution is 7.87. The zero-order chi connectivity index (χ0) is 27.9. The van der Waals surface area contributed by atoms with Crippen LogP contribution in [0.25, 0.3) is 0 Å². The zero-order valence-electron chi connectivity index (χ0n) is 23.4. The molecule has 0 aliphatic heterocycles. The second-order valence-electron chi connectivity index (χ2n) is 10.2. The van der Waals surface area contributed by atoms with Crippen molar-refractivity contribution in [1.82, 2.24) is 0 Å². The number of benzene rings is 2. The van der Waals surface area contributed by atoms with Gasteiger partial charge in [-0.25, -0.2) is 0 Å². The molecule has 0 unspecified atom stereocenters. The van der Waals surface area contributed by atoms with Crippen molar-refractivity contribution < 1.29 is 25.2 Å². The minimum Gasteiger partial charge on any atom is -0.264 e. The van der Waals surface area contributed by atoms with Crippen molar-refractivity contribution in [2.75, 3.05) is 6.61 Å². The van der Waals surface area contributed by atoms with Gasteiger partial charge in [-0.3, -0.25) is 8.37 Å². The summed E-state index contributed by atoms with van der Waals surface area (Å²) >= 11 is 0. The molecule has 0 fully saturated rings. The van der Waals surface area contributed by atoms with Crippen LogP contribution in [-0.4, -0.2) is 29.5 Å². The fourth-order valence-electron chi connectivity index (χ4n) is 4.25. The predicted octanol–water partition coefficient (Wildman–Crippen LogP) is 7.87. The van der Waals surface area contributed by atoms with E-state index in [1.54, 1.807) is 24.3 Å². The molecule has 0 aromatic heterocycles. The molecule has 0 N–H and O–H groups in total. The lowest BCUT2D eigenvalue weighted by Gasteiger charge is -2.18. The lowest BCUT2D eigenvalue weighted by atomic mass is 10.0. The zero-order valence-corrected chi connectivity index (χ0v) is 25.0. The average Bonchev–Trinajstić information content (AvgIpc) is 2.88. The molecule has 214 valence electrons. The molecule has 0 amide bonds. The lowest BCUT2D eigenvalue weighted by Crippen LogP contribution is -2.26. The van der Waals surface area contributed by atoms with Crippen LogP contribution in [0.2, 0.25) is 0 Å². The van der Waals surface area contributed by atoms with Crippen molar-refractivity contribution in [3.8, 4) is 0 Å². The van der Waals surface area contributed by atoms with Gasteiger partial charge in [-0.1, -0.05) is 119 Å². The Morgan fingerprint density at radius 3 is 1.42 bits per heavy atom. The first-order valence-corrected chi connectivity index (χ1v) is 16.9. The second-order valence-corrected chi connectivity index (χ2v) is 13.4. The molecular weight excluding hydrogens is 520 g/mol. The van der Waals surface area contributed by atoms with E-state index in [-0.39, 0.29) is 16.4 Å². The fourth-order valence-corrected chi connectivity index (χ4v) is 6.28. The Kier molecular flexibility index (Phi) is 14.6. The van der Waals surface area contributed by atoms with Gasteiger partial charge < -0.3 is 0 Å². The highest BCUT2D eigenvalue weighted by Gasteiger charge is 2.25. The van der Waals surface area contributed by atoms with Crippen molar-refractivity contribution in [2.45, 2.75) is 120 Å². The molecular formula is C30H46O6S2. The molecule has 0 saturated heterocycles. The Bertz CT molecular complexity index is 1120. The Hall–Kier alpha value is -1.74. The molecule has 2 aromatic carbocycles. The largest absolute Gasteiger partial charge is 0.297 e. The van der Waals surface area contributed by atoms with Gasteiger partial charge in [0, 0.05) is 0 Å². The minimum atomic E-state index is -4.06. The van der Waals surface area contributed by atoms with Crippen molar-refractivity contribution in [1.29, 1.82) is 0 Å². The summed E-state index contributed by atoms with van der Waals surface area (Å²) in [5, 5.41) is 0. The normalized spacial score (nSPS) is 13.0. The molecule has 0 aliphatic carbocycles. The highest BCUT2D eigenvalue weighted by atomic mass is 32.2. The van der Waals surface area contributed by atoms with Crippen LogP contribution in [0, 0.1) is 13.8 Å². The van der Waals surface area contributed by atoms with E-state index in [9.17, 15) is 16.8 Å². The van der Waals surface area contributed by atoms with Crippen LogP contribution in [0.4, 0.5) is 0 Å². The summed E-state index contributed by atoms with van der Waals surface area (Å²) in [6.07, 6.45) is 13.8.